The van der Waals surface area contributed by atoms with Crippen LogP contribution in [0.15, 0.2) is 70.8 Å². The predicted molar refractivity (Wildman–Crippen MR) is 243 cm³/mol. The Bertz CT molecular complexity index is 3160. The van der Waals surface area contributed by atoms with Crippen LogP contribution in [0.2, 0.25) is 0 Å². The van der Waals surface area contributed by atoms with Crippen molar-refractivity contribution in [2.24, 2.45) is 19.8 Å². The fourth-order valence-corrected chi connectivity index (χ4v) is 7.01. The van der Waals surface area contributed by atoms with Crippen LogP contribution in [0.3, 0.4) is 0 Å². The quantitative estimate of drug-likeness (QED) is 0.0542. The van der Waals surface area contributed by atoms with E-state index >= 15 is 4.39 Å². The topological polar surface area (TPSA) is 305 Å². The van der Waals surface area contributed by atoms with Crippen LogP contribution in [-0.4, -0.2) is 101 Å². The molecule has 6 heterocycles. The van der Waals surface area contributed by atoms with Gasteiger partial charge in [-0.3, -0.25) is 14.2 Å². The van der Waals surface area contributed by atoms with Crippen LogP contribution in [0.4, 0.5) is 40.8 Å². The number of rotatable bonds is 16. The van der Waals surface area contributed by atoms with E-state index in [9.17, 15) is 22.8 Å². The van der Waals surface area contributed by atoms with Gasteiger partial charge in [0.05, 0.1) is 45.7 Å². The van der Waals surface area contributed by atoms with E-state index in [0.29, 0.717) is 52.6 Å². The molecule has 10 rings (SSSR count). The Labute approximate surface area is 450 Å². The molecule has 5 N–H and O–H groups in total. The van der Waals surface area contributed by atoms with Gasteiger partial charge in [-0.2, -0.15) is 31.4 Å². The molecule has 2 aliphatic carbocycles. The van der Waals surface area contributed by atoms with Crippen LogP contribution < -0.4 is 67.8 Å². The standard InChI is InChI=1S/C23H22F2N8O2.C15H16FN7.C7H6FN2O2.K.H2O/c1-13-14(4-6-17(34)20-31-21(32-35-20)23(11-24)7-8-23)3-5-16(18(13)25)19-26-12-27-22(30-19)29-15-9-28-33(2)10-15;1-9-10(5-17)3-4-12(13(9)16)14-18-8-19-15(22-14)21-11-6-20-23(2)7-11;8-4-7(1-2-7)6-9-5(3-11)12-10-6;;/h3,5,9-10,12H,4,6-8,11H2,1-2H3,(H,26,27,29,30);3-4,6-8H,5,17H2,1-2H3,(H,18,19,21,22);1-2,4H2;;1H2/q;;-1;+1;/p-1. The molecule has 2 aliphatic rings. The van der Waals surface area contributed by atoms with Crippen LogP contribution in [0, 0.1) is 25.5 Å². The summed E-state index contributed by atoms with van der Waals surface area (Å²) in [7, 11) is 3.59. The molecule has 0 atom stereocenters. The van der Waals surface area contributed by atoms with Gasteiger partial charge in [0.25, 0.3) is 5.89 Å². The van der Waals surface area contributed by atoms with E-state index in [-0.39, 0.29) is 129 Å². The summed E-state index contributed by atoms with van der Waals surface area (Å²) in [6, 6.07) is 6.73. The molecule has 0 saturated heterocycles. The van der Waals surface area contributed by atoms with Gasteiger partial charge in [0.1, 0.15) is 43.5 Å². The second-order valence-electron chi connectivity index (χ2n) is 16.6. The summed E-state index contributed by atoms with van der Waals surface area (Å²) in [5.41, 5.74) is 8.61. The van der Waals surface area contributed by atoms with E-state index in [2.05, 4.69) is 75.5 Å². The molecule has 370 valence electrons. The fraction of sp³-hybridized carbons (Fsp3) is 0.333. The van der Waals surface area contributed by atoms with Gasteiger partial charge in [-0.15, -0.1) is 0 Å². The van der Waals surface area contributed by atoms with Crippen molar-refractivity contribution < 1.29 is 93.1 Å². The van der Waals surface area contributed by atoms with Crippen molar-refractivity contribution >= 4 is 35.3 Å². The van der Waals surface area contributed by atoms with Crippen LogP contribution in [0.5, 0.6) is 0 Å². The number of anilines is 4. The maximum absolute atomic E-state index is 15.2. The summed E-state index contributed by atoms with van der Waals surface area (Å²) in [5, 5.41) is 21.4. The van der Waals surface area contributed by atoms with Crippen molar-refractivity contribution in [3.05, 3.63) is 119 Å². The number of ketones is 1. The van der Waals surface area contributed by atoms with E-state index < -0.39 is 30.0 Å². The molecule has 0 spiro atoms. The number of aromatic nitrogens is 14. The Balaban J connectivity index is 0.000000196. The first-order valence-corrected chi connectivity index (χ1v) is 21.7. The first kappa shape index (κ1) is 54.7. The summed E-state index contributed by atoms with van der Waals surface area (Å²) in [6.07, 6.45) is 14.0. The monoisotopic (exact) mass is 1020 g/mol. The molecule has 2 fully saturated rings. The van der Waals surface area contributed by atoms with Crippen molar-refractivity contribution in [2.45, 2.75) is 69.7 Å². The predicted octanol–water partition coefficient (Wildman–Crippen LogP) is 2.94. The molecular weight excluding hydrogens is 974 g/mol. The van der Waals surface area contributed by atoms with Crippen molar-refractivity contribution in [2.75, 3.05) is 24.0 Å². The van der Waals surface area contributed by atoms with Crippen molar-refractivity contribution in [1.82, 2.24) is 69.7 Å². The third-order valence-electron chi connectivity index (χ3n) is 11.7. The molecule has 72 heavy (non-hydrogen) atoms. The number of halogens is 4. The van der Waals surface area contributed by atoms with Gasteiger partial charge in [0.15, 0.2) is 23.3 Å². The van der Waals surface area contributed by atoms with Crippen molar-refractivity contribution in [3.8, 4) is 22.8 Å². The third kappa shape index (κ3) is 12.5. The van der Waals surface area contributed by atoms with Crippen LogP contribution in [-0.2, 0) is 42.7 Å². The molecule has 2 saturated carbocycles. The van der Waals surface area contributed by atoms with E-state index in [0.717, 1.165) is 24.1 Å². The van der Waals surface area contributed by atoms with E-state index in [1.165, 1.54) is 18.9 Å². The molecule has 0 unspecified atom stereocenters. The molecular formula is C45H45F4KN17O5-. The SMILES string of the molecule is Cc1c(CCC(=O)c2nc(C3(CF)CC3)no2)ccc(-c2ncnc(Nc3cnn(C)c3)n2)c1F.Cc1c(CN)ccc(-c2ncnc(Nc3cnn(C)c3)n2)c1F.O=[C-]c1nc(C2(CF)CC2)no1.[K+].[OH-]. The average Bonchev–Trinajstić information content (AvgIpc) is 4.02. The van der Waals surface area contributed by atoms with Gasteiger partial charge in [-0.05, 0) is 80.3 Å². The minimum atomic E-state index is -0.694. The minimum Gasteiger partial charge on any atom is -0.870 e. The number of benzene rings is 2. The summed E-state index contributed by atoms with van der Waals surface area (Å²) >= 11 is 0. The Morgan fingerprint density at radius 2 is 1.22 bits per heavy atom. The second kappa shape index (κ2) is 23.7. The minimum absolute atomic E-state index is 0. The Morgan fingerprint density at radius 3 is 1.67 bits per heavy atom. The molecule has 27 heteroatoms. The number of Topliss-reactive ketones (excluding diaryl/α,β-unsaturated/α-hetero) is 1. The van der Waals surface area contributed by atoms with E-state index in [4.69, 9.17) is 10.3 Å². The molecule has 8 aromatic rings. The zero-order chi connectivity index (χ0) is 49.6. The third-order valence-corrected chi connectivity index (χ3v) is 11.7. The second-order valence-corrected chi connectivity index (χ2v) is 16.6. The molecule has 0 bridgehead atoms. The molecule has 22 nitrogen and oxygen atoms in total. The van der Waals surface area contributed by atoms with Gasteiger partial charge < -0.3 is 35.7 Å². The Hall–Kier alpha value is -6.62. The molecule has 0 radical (unpaired) electrons. The zero-order valence-electron chi connectivity index (χ0n) is 39.6. The summed E-state index contributed by atoms with van der Waals surface area (Å²) < 4.78 is 68.2. The van der Waals surface area contributed by atoms with Crippen LogP contribution >= 0.6 is 0 Å². The normalized spacial score (nSPS) is 13.5. The number of alkyl halides is 2. The van der Waals surface area contributed by atoms with Gasteiger partial charge in [-0.25, -0.2) is 42.5 Å². The Kier molecular flexibility index (Phi) is 18.0. The fourth-order valence-electron chi connectivity index (χ4n) is 7.01. The van der Waals surface area contributed by atoms with E-state index in [1.54, 1.807) is 86.4 Å². The number of carbonyl (C=O) groups is 1. The van der Waals surface area contributed by atoms with E-state index in [1.807, 2.05) is 0 Å². The number of hydrogen-bond acceptors (Lipinski definition) is 20. The number of hydrogen-bond donors (Lipinski definition) is 3. The van der Waals surface area contributed by atoms with Crippen molar-refractivity contribution in [1.29, 1.82) is 0 Å². The molecule has 0 aliphatic heterocycles. The summed E-state index contributed by atoms with van der Waals surface area (Å²) in [6.45, 7) is 2.54. The van der Waals surface area contributed by atoms with Crippen molar-refractivity contribution in [3.63, 3.8) is 0 Å². The number of aryl methyl sites for hydroxylation is 3. The summed E-state index contributed by atoms with van der Waals surface area (Å²) in [5.74, 6) is -0.0154. The first-order valence-electron chi connectivity index (χ1n) is 21.7. The maximum Gasteiger partial charge on any atom is 1.00 e. The number of nitrogens with one attached hydrogen (secondary N) is 2. The number of nitrogens with zero attached hydrogens (tertiary/aromatic N) is 14. The molecule has 0 amide bonds. The first-order chi connectivity index (χ1) is 33.8. The van der Waals surface area contributed by atoms with Gasteiger partial charge in [-0.1, -0.05) is 22.4 Å². The number of carbonyl (C=O) groups excluding carboxylic acids is 2. The van der Waals surface area contributed by atoms with Gasteiger partial charge in [0, 0.05) is 39.5 Å². The zero-order valence-corrected chi connectivity index (χ0v) is 42.7. The van der Waals surface area contributed by atoms with Crippen LogP contribution in [0.1, 0.15) is 82.6 Å². The molecule has 2 aromatic carbocycles. The summed E-state index contributed by atoms with van der Waals surface area (Å²) in [4.78, 5) is 55.2. The number of nitrogens with two attached hydrogens (primary N) is 1. The van der Waals surface area contributed by atoms with Gasteiger partial charge >= 0.3 is 51.4 Å². The smallest absolute Gasteiger partial charge is 0.870 e. The maximum atomic E-state index is 15.2. The van der Waals surface area contributed by atoms with Crippen LogP contribution in [0.25, 0.3) is 22.8 Å². The van der Waals surface area contributed by atoms with Gasteiger partial charge in [0.2, 0.25) is 17.7 Å². The Morgan fingerprint density at radius 1 is 0.736 bits per heavy atom. The molecule has 6 aromatic heterocycles. The average molecular weight is 1020 g/mol. The largest absolute Gasteiger partial charge is 1.00 e.